The minimum absolute atomic E-state index is 0.108. The highest BCUT2D eigenvalue weighted by Crippen LogP contribution is 2.15. The molecule has 1 atom stereocenters. The fraction of sp³-hybridized carbons (Fsp3) is 0.385. The van der Waals surface area contributed by atoms with Gasteiger partial charge in [0.1, 0.15) is 11.9 Å². The molecule has 0 unspecified atom stereocenters. The van der Waals surface area contributed by atoms with E-state index in [4.69, 9.17) is 5.11 Å². The molecule has 0 aliphatic carbocycles. The first-order chi connectivity index (χ1) is 8.81. The van der Waals surface area contributed by atoms with E-state index >= 15 is 0 Å². The predicted octanol–water partition coefficient (Wildman–Crippen LogP) is 2.82. The Labute approximate surface area is 119 Å². The minimum atomic E-state index is -1.13. The lowest BCUT2D eigenvalue weighted by Crippen LogP contribution is -2.41. The molecule has 0 spiro atoms. The average molecular weight is 332 g/mol. The van der Waals surface area contributed by atoms with Crippen LogP contribution in [0.3, 0.4) is 0 Å². The number of amides is 1. The molecule has 6 heteroatoms. The van der Waals surface area contributed by atoms with Crippen LogP contribution in [0.4, 0.5) is 4.39 Å². The molecule has 0 radical (unpaired) electrons. The van der Waals surface area contributed by atoms with E-state index in [9.17, 15) is 14.0 Å². The third-order valence-corrected chi connectivity index (χ3v) is 2.98. The number of rotatable bonds is 5. The Morgan fingerprint density at radius 1 is 1.42 bits per heavy atom. The Balaban J connectivity index is 2.84. The zero-order valence-corrected chi connectivity index (χ0v) is 12.2. The maximum Gasteiger partial charge on any atom is 0.326 e. The summed E-state index contributed by atoms with van der Waals surface area (Å²) in [6.07, 6.45) is 0.291. The second-order valence-electron chi connectivity index (χ2n) is 4.62. The maximum atomic E-state index is 13.6. The Morgan fingerprint density at radius 3 is 2.53 bits per heavy atom. The van der Waals surface area contributed by atoms with Gasteiger partial charge in [0.15, 0.2) is 0 Å². The van der Waals surface area contributed by atoms with Crippen molar-refractivity contribution in [3.63, 3.8) is 0 Å². The Morgan fingerprint density at radius 2 is 2.05 bits per heavy atom. The molecule has 4 nitrogen and oxygen atoms in total. The van der Waals surface area contributed by atoms with Crippen LogP contribution in [0.5, 0.6) is 0 Å². The maximum absolute atomic E-state index is 13.6. The van der Waals surface area contributed by atoms with Gasteiger partial charge in [-0.2, -0.15) is 0 Å². The fourth-order valence-corrected chi connectivity index (χ4v) is 1.94. The van der Waals surface area contributed by atoms with Crippen molar-refractivity contribution in [2.45, 2.75) is 26.3 Å². The SMILES string of the molecule is CC(C)C[C@H](NC(=O)c1ccc(Br)cc1F)C(=O)O. The molecule has 0 aliphatic rings. The summed E-state index contributed by atoms with van der Waals surface area (Å²) in [5, 5.41) is 11.3. The number of carbonyl (C=O) groups excluding carboxylic acids is 1. The van der Waals surface area contributed by atoms with E-state index in [-0.39, 0.29) is 11.5 Å². The van der Waals surface area contributed by atoms with Gasteiger partial charge in [-0.05, 0) is 30.5 Å². The van der Waals surface area contributed by atoms with Crippen molar-refractivity contribution in [2.75, 3.05) is 0 Å². The van der Waals surface area contributed by atoms with Crippen LogP contribution in [0.15, 0.2) is 22.7 Å². The van der Waals surface area contributed by atoms with Crippen LogP contribution in [-0.2, 0) is 4.79 Å². The van der Waals surface area contributed by atoms with Gasteiger partial charge < -0.3 is 10.4 Å². The number of carbonyl (C=O) groups is 2. The molecule has 0 bridgehead atoms. The van der Waals surface area contributed by atoms with Crippen molar-refractivity contribution >= 4 is 27.8 Å². The van der Waals surface area contributed by atoms with Gasteiger partial charge in [-0.3, -0.25) is 4.79 Å². The molecule has 1 aromatic carbocycles. The van der Waals surface area contributed by atoms with Crippen LogP contribution in [0.2, 0.25) is 0 Å². The minimum Gasteiger partial charge on any atom is -0.480 e. The van der Waals surface area contributed by atoms with Crippen molar-refractivity contribution in [3.8, 4) is 0 Å². The fourth-order valence-electron chi connectivity index (χ4n) is 1.60. The van der Waals surface area contributed by atoms with Gasteiger partial charge in [-0.1, -0.05) is 29.8 Å². The van der Waals surface area contributed by atoms with Crippen LogP contribution in [0.1, 0.15) is 30.6 Å². The first-order valence-corrected chi connectivity index (χ1v) is 6.59. The molecule has 1 amide bonds. The Bertz CT molecular complexity index is 491. The summed E-state index contributed by atoms with van der Waals surface area (Å²) >= 11 is 3.09. The van der Waals surface area contributed by atoms with E-state index in [1.165, 1.54) is 12.1 Å². The lowest BCUT2D eigenvalue weighted by Gasteiger charge is -2.16. The normalized spacial score (nSPS) is 12.3. The van der Waals surface area contributed by atoms with Crippen LogP contribution in [0, 0.1) is 11.7 Å². The zero-order chi connectivity index (χ0) is 14.6. The average Bonchev–Trinajstić information content (AvgIpc) is 2.26. The summed E-state index contributed by atoms with van der Waals surface area (Å²) in [4.78, 5) is 22.9. The number of benzene rings is 1. The smallest absolute Gasteiger partial charge is 0.326 e. The monoisotopic (exact) mass is 331 g/mol. The summed E-state index contributed by atoms with van der Waals surface area (Å²) < 4.78 is 14.1. The number of nitrogens with one attached hydrogen (secondary N) is 1. The summed E-state index contributed by atoms with van der Waals surface area (Å²) in [6.45, 7) is 3.70. The van der Waals surface area contributed by atoms with E-state index in [1.807, 2.05) is 13.8 Å². The second-order valence-corrected chi connectivity index (χ2v) is 5.53. The van der Waals surface area contributed by atoms with Gasteiger partial charge in [0.05, 0.1) is 5.56 Å². The van der Waals surface area contributed by atoms with Gasteiger partial charge in [0.25, 0.3) is 5.91 Å². The highest BCUT2D eigenvalue weighted by atomic mass is 79.9. The predicted molar refractivity (Wildman–Crippen MR) is 72.4 cm³/mol. The second kappa shape index (κ2) is 6.65. The number of hydrogen-bond donors (Lipinski definition) is 2. The summed E-state index contributed by atoms with van der Waals surface area (Å²) in [5.74, 6) is -2.44. The molecule has 2 N–H and O–H groups in total. The molecule has 0 saturated heterocycles. The van der Waals surface area contributed by atoms with E-state index in [1.54, 1.807) is 0 Å². The molecule has 19 heavy (non-hydrogen) atoms. The van der Waals surface area contributed by atoms with Gasteiger partial charge in [-0.25, -0.2) is 9.18 Å². The number of carboxylic acids is 1. The van der Waals surface area contributed by atoms with Gasteiger partial charge in [0, 0.05) is 4.47 Å². The van der Waals surface area contributed by atoms with Crippen LogP contribution in [0.25, 0.3) is 0 Å². The number of halogens is 2. The molecular formula is C13H15BrFNO3. The molecule has 0 saturated carbocycles. The molecule has 104 valence electrons. The van der Waals surface area contributed by atoms with Crippen LogP contribution in [-0.4, -0.2) is 23.0 Å². The van der Waals surface area contributed by atoms with Crippen molar-refractivity contribution < 1.29 is 19.1 Å². The third kappa shape index (κ3) is 4.63. The topological polar surface area (TPSA) is 66.4 Å². The standard InChI is InChI=1S/C13H15BrFNO3/c1-7(2)5-11(13(18)19)16-12(17)9-4-3-8(14)6-10(9)15/h3-4,6-7,11H,5H2,1-2H3,(H,16,17)(H,18,19)/t11-/m0/s1. The van der Waals surface area contributed by atoms with E-state index in [0.29, 0.717) is 10.9 Å². The van der Waals surface area contributed by atoms with Gasteiger partial charge in [-0.15, -0.1) is 0 Å². The van der Waals surface area contributed by atoms with Crippen LogP contribution < -0.4 is 5.32 Å². The summed E-state index contributed by atoms with van der Waals surface area (Å²) in [5.41, 5.74) is -0.168. The molecule has 1 rings (SSSR count). The molecule has 0 heterocycles. The van der Waals surface area contributed by atoms with Gasteiger partial charge in [0.2, 0.25) is 0 Å². The lowest BCUT2D eigenvalue weighted by molar-refractivity contribution is -0.139. The Kier molecular flexibility index (Phi) is 5.47. The lowest BCUT2D eigenvalue weighted by atomic mass is 10.0. The molecule has 0 fully saturated rings. The molecule has 0 aromatic heterocycles. The number of aliphatic carboxylic acids is 1. The number of hydrogen-bond acceptors (Lipinski definition) is 2. The quantitative estimate of drug-likeness (QED) is 0.871. The molecule has 1 aromatic rings. The highest BCUT2D eigenvalue weighted by Gasteiger charge is 2.23. The summed E-state index contributed by atoms with van der Waals surface area (Å²) in [7, 11) is 0. The van der Waals surface area contributed by atoms with E-state index < -0.39 is 23.7 Å². The van der Waals surface area contributed by atoms with Crippen molar-refractivity contribution in [1.82, 2.24) is 5.32 Å². The van der Waals surface area contributed by atoms with Crippen molar-refractivity contribution in [1.29, 1.82) is 0 Å². The van der Waals surface area contributed by atoms with Gasteiger partial charge >= 0.3 is 5.97 Å². The Hall–Kier alpha value is -1.43. The zero-order valence-electron chi connectivity index (χ0n) is 10.6. The number of carboxylic acid groups (broad SMARTS) is 1. The third-order valence-electron chi connectivity index (χ3n) is 2.49. The highest BCUT2D eigenvalue weighted by molar-refractivity contribution is 9.10. The molecule has 0 aliphatic heterocycles. The van der Waals surface area contributed by atoms with E-state index in [0.717, 1.165) is 6.07 Å². The first kappa shape index (κ1) is 15.6. The van der Waals surface area contributed by atoms with Crippen molar-refractivity contribution in [2.24, 2.45) is 5.92 Å². The van der Waals surface area contributed by atoms with Crippen LogP contribution >= 0.6 is 15.9 Å². The largest absolute Gasteiger partial charge is 0.480 e. The summed E-state index contributed by atoms with van der Waals surface area (Å²) in [6, 6.07) is 2.97. The van der Waals surface area contributed by atoms with Crippen molar-refractivity contribution in [3.05, 3.63) is 34.1 Å². The first-order valence-electron chi connectivity index (χ1n) is 5.80. The molecular weight excluding hydrogens is 317 g/mol. The van der Waals surface area contributed by atoms with E-state index in [2.05, 4.69) is 21.2 Å².